The molecule has 0 aliphatic heterocycles. The predicted octanol–water partition coefficient (Wildman–Crippen LogP) is 3.65. The first-order valence-electron chi connectivity index (χ1n) is 6.61. The summed E-state index contributed by atoms with van der Waals surface area (Å²) in [4.78, 5) is -0.0357. The number of benzene rings is 1. The van der Waals surface area contributed by atoms with Crippen LogP contribution in [0.25, 0.3) is 0 Å². The minimum absolute atomic E-state index is 0.0357. The van der Waals surface area contributed by atoms with Crippen molar-refractivity contribution in [2.24, 2.45) is 5.73 Å². The molecule has 2 rings (SSSR count). The lowest BCUT2D eigenvalue weighted by Crippen LogP contribution is -2.41. The summed E-state index contributed by atoms with van der Waals surface area (Å²) >= 11 is 15.4. The van der Waals surface area contributed by atoms with E-state index in [-0.39, 0.29) is 27.0 Å². The first kappa shape index (κ1) is 17.5. The fraction of sp³-hybridized carbons (Fsp3) is 0.538. The third-order valence-corrected chi connectivity index (χ3v) is 7.15. The van der Waals surface area contributed by atoms with E-state index in [0.717, 1.165) is 25.7 Å². The molecule has 0 saturated heterocycles. The maximum Gasteiger partial charge on any atom is 0.246 e. The standard InChI is InChI=1S/C13H17BrCl2N2O2S/c1-18(10-4-2-9(17)3-5-10)21(19,20)13-11(15)6-8(14)7-12(13)16/h6-7,9-10H,2-5,17H2,1H3. The normalized spacial score (nSPS) is 23.5. The van der Waals surface area contributed by atoms with Gasteiger partial charge in [0.05, 0.1) is 10.0 Å². The van der Waals surface area contributed by atoms with Crippen LogP contribution in [0.2, 0.25) is 10.0 Å². The third-order valence-electron chi connectivity index (χ3n) is 3.86. The van der Waals surface area contributed by atoms with Crippen LogP contribution in [-0.2, 0) is 10.0 Å². The van der Waals surface area contributed by atoms with Crippen molar-refractivity contribution in [2.75, 3.05) is 7.05 Å². The number of rotatable bonds is 3. The van der Waals surface area contributed by atoms with Gasteiger partial charge < -0.3 is 5.73 Å². The van der Waals surface area contributed by atoms with Crippen molar-refractivity contribution in [3.05, 3.63) is 26.7 Å². The molecule has 0 heterocycles. The molecule has 1 aromatic rings. The van der Waals surface area contributed by atoms with Gasteiger partial charge in [-0.2, -0.15) is 4.31 Å². The molecule has 0 aromatic heterocycles. The van der Waals surface area contributed by atoms with Crippen molar-refractivity contribution < 1.29 is 8.42 Å². The highest BCUT2D eigenvalue weighted by atomic mass is 79.9. The minimum atomic E-state index is -3.73. The van der Waals surface area contributed by atoms with Gasteiger partial charge in [-0.1, -0.05) is 39.1 Å². The van der Waals surface area contributed by atoms with E-state index < -0.39 is 10.0 Å². The van der Waals surface area contributed by atoms with Gasteiger partial charge in [-0.25, -0.2) is 8.42 Å². The quantitative estimate of drug-likeness (QED) is 0.819. The molecule has 8 heteroatoms. The Morgan fingerprint density at radius 1 is 1.19 bits per heavy atom. The zero-order valence-electron chi connectivity index (χ0n) is 11.5. The molecule has 0 amide bonds. The third kappa shape index (κ3) is 3.74. The summed E-state index contributed by atoms with van der Waals surface area (Å²) in [5.74, 6) is 0. The van der Waals surface area contributed by atoms with Crippen molar-refractivity contribution in [1.29, 1.82) is 0 Å². The summed E-state index contributed by atoms with van der Waals surface area (Å²) in [6.45, 7) is 0. The first-order chi connectivity index (χ1) is 9.73. The maximum absolute atomic E-state index is 12.8. The Labute approximate surface area is 143 Å². The first-order valence-corrected chi connectivity index (χ1v) is 9.60. The van der Waals surface area contributed by atoms with Gasteiger partial charge in [0.25, 0.3) is 0 Å². The zero-order valence-corrected chi connectivity index (χ0v) is 15.4. The van der Waals surface area contributed by atoms with Gasteiger partial charge in [0, 0.05) is 23.6 Å². The lowest BCUT2D eigenvalue weighted by molar-refractivity contribution is 0.268. The van der Waals surface area contributed by atoms with Crippen LogP contribution >= 0.6 is 39.1 Å². The van der Waals surface area contributed by atoms with Crippen LogP contribution in [0.3, 0.4) is 0 Å². The topological polar surface area (TPSA) is 63.4 Å². The number of sulfonamides is 1. The molecule has 1 aliphatic rings. The Kier molecular flexibility index (Phi) is 5.60. The van der Waals surface area contributed by atoms with Crippen molar-refractivity contribution in [1.82, 2.24) is 4.31 Å². The average Bonchev–Trinajstić information content (AvgIpc) is 2.37. The highest BCUT2D eigenvalue weighted by Crippen LogP contribution is 2.36. The molecule has 2 N–H and O–H groups in total. The van der Waals surface area contributed by atoms with Gasteiger partial charge in [-0.05, 0) is 37.8 Å². The molecule has 0 unspecified atom stereocenters. The van der Waals surface area contributed by atoms with Gasteiger partial charge in [-0.3, -0.25) is 0 Å². The molecule has 1 aromatic carbocycles. The maximum atomic E-state index is 12.8. The molecule has 118 valence electrons. The molecular weight excluding hydrogens is 399 g/mol. The molecule has 21 heavy (non-hydrogen) atoms. The SMILES string of the molecule is CN(C1CCC(N)CC1)S(=O)(=O)c1c(Cl)cc(Br)cc1Cl. The van der Waals surface area contributed by atoms with E-state index >= 15 is 0 Å². The van der Waals surface area contributed by atoms with Crippen LogP contribution in [0, 0.1) is 0 Å². The summed E-state index contributed by atoms with van der Waals surface area (Å²) in [6.07, 6.45) is 3.16. The van der Waals surface area contributed by atoms with Crippen molar-refractivity contribution >= 4 is 49.2 Å². The number of nitrogens with zero attached hydrogens (tertiary/aromatic N) is 1. The monoisotopic (exact) mass is 414 g/mol. The molecule has 1 saturated carbocycles. The van der Waals surface area contributed by atoms with Crippen LogP contribution in [0.5, 0.6) is 0 Å². The lowest BCUT2D eigenvalue weighted by Gasteiger charge is -2.33. The fourth-order valence-electron chi connectivity index (χ4n) is 2.58. The van der Waals surface area contributed by atoms with E-state index in [1.54, 1.807) is 7.05 Å². The lowest BCUT2D eigenvalue weighted by atomic mass is 9.92. The van der Waals surface area contributed by atoms with Gasteiger partial charge in [-0.15, -0.1) is 0 Å². The van der Waals surface area contributed by atoms with E-state index in [2.05, 4.69) is 15.9 Å². The summed E-state index contributed by atoms with van der Waals surface area (Å²) in [7, 11) is -2.15. The Morgan fingerprint density at radius 2 is 1.67 bits per heavy atom. The van der Waals surface area contributed by atoms with Crippen LogP contribution in [0.4, 0.5) is 0 Å². The number of nitrogens with two attached hydrogens (primary N) is 1. The van der Waals surface area contributed by atoms with Gasteiger partial charge in [0.15, 0.2) is 0 Å². The largest absolute Gasteiger partial charge is 0.328 e. The molecule has 0 radical (unpaired) electrons. The molecule has 0 atom stereocenters. The Balaban J connectivity index is 2.34. The number of hydrogen-bond donors (Lipinski definition) is 1. The highest BCUT2D eigenvalue weighted by molar-refractivity contribution is 9.10. The van der Waals surface area contributed by atoms with Crippen molar-refractivity contribution in [2.45, 2.75) is 42.7 Å². The second-order valence-electron chi connectivity index (χ2n) is 5.29. The minimum Gasteiger partial charge on any atom is -0.328 e. The molecule has 0 bridgehead atoms. The van der Waals surface area contributed by atoms with Crippen LogP contribution in [0.15, 0.2) is 21.5 Å². The summed E-state index contributed by atoms with van der Waals surface area (Å²) in [5, 5.41) is 0.238. The Bertz CT molecular complexity index is 608. The predicted molar refractivity (Wildman–Crippen MR) is 89.3 cm³/mol. The zero-order chi connectivity index (χ0) is 15.8. The Morgan fingerprint density at radius 3 is 2.14 bits per heavy atom. The molecular formula is C13H17BrCl2N2O2S. The fourth-order valence-corrected chi connectivity index (χ4v) is 5.88. The van der Waals surface area contributed by atoms with E-state index in [9.17, 15) is 8.42 Å². The van der Waals surface area contributed by atoms with Gasteiger partial charge >= 0.3 is 0 Å². The number of halogens is 3. The van der Waals surface area contributed by atoms with Gasteiger partial charge in [0.1, 0.15) is 4.90 Å². The molecule has 4 nitrogen and oxygen atoms in total. The smallest absolute Gasteiger partial charge is 0.246 e. The Hall–Kier alpha value is 0.150. The summed E-state index contributed by atoms with van der Waals surface area (Å²) in [5.41, 5.74) is 5.87. The van der Waals surface area contributed by atoms with Crippen molar-refractivity contribution in [3.8, 4) is 0 Å². The van der Waals surface area contributed by atoms with Crippen LogP contribution in [0.1, 0.15) is 25.7 Å². The van der Waals surface area contributed by atoms with E-state index in [4.69, 9.17) is 28.9 Å². The van der Waals surface area contributed by atoms with Gasteiger partial charge in [0.2, 0.25) is 10.0 Å². The van der Waals surface area contributed by atoms with E-state index in [0.29, 0.717) is 4.47 Å². The molecule has 1 aliphatic carbocycles. The van der Waals surface area contributed by atoms with E-state index in [1.807, 2.05) is 0 Å². The average molecular weight is 416 g/mol. The van der Waals surface area contributed by atoms with Crippen molar-refractivity contribution in [3.63, 3.8) is 0 Å². The van der Waals surface area contributed by atoms with Crippen LogP contribution in [-0.4, -0.2) is 31.9 Å². The summed E-state index contributed by atoms with van der Waals surface area (Å²) in [6, 6.07) is 3.17. The molecule has 0 spiro atoms. The van der Waals surface area contributed by atoms with Crippen LogP contribution < -0.4 is 5.73 Å². The number of hydrogen-bond acceptors (Lipinski definition) is 3. The molecule has 1 fully saturated rings. The highest BCUT2D eigenvalue weighted by Gasteiger charge is 2.33. The second-order valence-corrected chi connectivity index (χ2v) is 8.95. The second kappa shape index (κ2) is 6.72. The van der Waals surface area contributed by atoms with E-state index in [1.165, 1.54) is 16.4 Å². The summed E-state index contributed by atoms with van der Waals surface area (Å²) < 4.78 is 27.6.